The van der Waals surface area contributed by atoms with E-state index in [1.54, 1.807) is 29.8 Å². The minimum atomic E-state index is -1.77. The average molecular weight is 520 g/mol. The minimum Gasteiger partial charge on any atom is -1.00 e. The number of esters is 2. The van der Waals surface area contributed by atoms with Gasteiger partial charge in [-0.2, -0.15) is 4.57 Å². The van der Waals surface area contributed by atoms with Crippen molar-refractivity contribution in [2.45, 2.75) is 38.6 Å². The van der Waals surface area contributed by atoms with Gasteiger partial charge in [-0.05, 0) is 30.7 Å². The van der Waals surface area contributed by atoms with Gasteiger partial charge in [-0.1, -0.05) is 25.1 Å². The molecule has 9 nitrogen and oxygen atoms in total. The molecule has 1 aromatic carbocycles. The first-order valence-corrected chi connectivity index (χ1v) is 11.6. The number of pyridine rings is 3. The van der Waals surface area contributed by atoms with Crippen molar-refractivity contribution in [3.8, 4) is 17.1 Å². The quantitative estimate of drug-likeness (QED) is 0.247. The van der Waals surface area contributed by atoms with Crippen LogP contribution in [0.15, 0.2) is 65.7 Å². The van der Waals surface area contributed by atoms with Gasteiger partial charge in [0, 0.05) is 22.6 Å². The summed E-state index contributed by atoms with van der Waals surface area (Å²) in [6.45, 7) is 1.63. The monoisotopic (exact) mass is 519 g/mol. The number of rotatable bonds is 4. The summed E-state index contributed by atoms with van der Waals surface area (Å²) in [5.41, 5.74) is 1.49. The number of hydrogen-bond acceptors (Lipinski definition) is 7. The Morgan fingerprint density at radius 1 is 1.22 bits per heavy atom. The van der Waals surface area contributed by atoms with E-state index in [9.17, 15) is 19.5 Å². The smallest absolute Gasteiger partial charge is 0.374 e. The summed E-state index contributed by atoms with van der Waals surface area (Å²) in [5.74, 6) is -1.44. The molecular formula is C27H22ClN3O6. The highest BCUT2D eigenvalue weighted by Gasteiger charge is 2.50. The molecule has 37 heavy (non-hydrogen) atoms. The standard InChI is InChI=1S/C27H21N3O6.ClH/c1-2-27(36-23(32)14-29-9-5-7-18(31)13-29)20-11-22-24-17(10-16-6-3-4-8-21(16)28-24)12-30(22)25(33)19(20)15-35-26(27)34;/h3-11,13H,2,12,14-15H2,1H3;1H/t27-;/m0./s1. The highest BCUT2D eigenvalue weighted by Crippen LogP contribution is 2.40. The first-order chi connectivity index (χ1) is 17.4. The predicted molar refractivity (Wildman–Crippen MR) is 127 cm³/mol. The predicted octanol–water partition coefficient (Wildman–Crippen LogP) is -0.672. The van der Waals surface area contributed by atoms with Crippen molar-refractivity contribution in [1.29, 1.82) is 0 Å². The number of para-hydroxylation sites is 1. The third-order valence-electron chi connectivity index (χ3n) is 6.83. The molecule has 1 atom stereocenters. The maximum absolute atomic E-state index is 13.6. The zero-order chi connectivity index (χ0) is 25.0. The number of ether oxygens (including phenoxy) is 2. The van der Waals surface area contributed by atoms with E-state index in [1.807, 2.05) is 30.3 Å². The molecule has 0 radical (unpaired) electrons. The molecule has 1 N–H and O–H groups in total. The Kier molecular flexibility index (Phi) is 5.95. The Balaban J connectivity index is 0.00000280. The number of aromatic nitrogens is 3. The van der Waals surface area contributed by atoms with Crippen molar-refractivity contribution >= 4 is 22.8 Å². The van der Waals surface area contributed by atoms with E-state index in [-0.39, 0.29) is 48.9 Å². The summed E-state index contributed by atoms with van der Waals surface area (Å²) in [6, 6.07) is 14.5. The Morgan fingerprint density at radius 3 is 2.81 bits per heavy atom. The second-order valence-electron chi connectivity index (χ2n) is 8.97. The number of cyclic esters (lactones) is 1. The van der Waals surface area contributed by atoms with E-state index in [1.165, 1.54) is 16.8 Å². The molecule has 0 amide bonds. The summed E-state index contributed by atoms with van der Waals surface area (Å²) >= 11 is 0. The van der Waals surface area contributed by atoms with Gasteiger partial charge >= 0.3 is 11.9 Å². The Labute approximate surface area is 217 Å². The van der Waals surface area contributed by atoms with Crippen molar-refractivity contribution in [3.05, 3.63) is 88.0 Å². The number of carbonyl (C=O) groups excluding carboxylic acids is 2. The first kappa shape index (κ1) is 24.5. The summed E-state index contributed by atoms with van der Waals surface area (Å²) in [5, 5.41) is 10.7. The lowest BCUT2D eigenvalue weighted by molar-refractivity contribution is -0.686. The molecule has 0 bridgehead atoms. The van der Waals surface area contributed by atoms with Crippen molar-refractivity contribution in [2.75, 3.05) is 0 Å². The Hall–Kier alpha value is -4.24. The van der Waals surface area contributed by atoms with Gasteiger partial charge in [0.2, 0.25) is 18.3 Å². The third-order valence-corrected chi connectivity index (χ3v) is 6.83. The number of nitrogens with zero attached hydrogens (tertiary/aromatic N) is 3. The van der Waals surface area contributed by atoms with Crippen LogP contribution < -0.4 is 22.5 Å². The van der Waals surface area contributed by atoms with Crippen molar-refractivity contribution < 1.29 is 41.1 Å². The molecule has 10 heteroatoms. The molecule has 0 fully saturated rings. The molecule has 188 valence electrons. The second kappa shape index (κ2) is 9.01. The lowest BCUT2D eigenvalue weighted by Gasteiger charge is -2.35. The van der Waals surface area contributed by atoms with Crippen LogP contribution in [-0.2, 0) is 44.4 Å². The van der Waals surface area contributed by atoms with Gasteiger partial charge < -0.3 is 31.6 Å². The molecule has 0 aliphatic carbocycles. The van der Waals surface area contributed by atoms with Gasteiger partial charge in [0.15, 0.2) is 11.9 Å². The second-order valence-corrected chi connectivity index (χ2v) is 8.97. The van der Waals surface area contributed by atoms with Crippen LogP contribution in [0.3, 0.4) is 0 Å². The lowest BCUT2D eigenvalue weighted by atomic mass is 9.85. The van der Waals surface area contributed by atoms with Gasteiger partial charge in [-0.3, -0.25) is 4.79 Å². The van der Waals surface area contributed by atoms with Gasteiger partial charge in [0.25, 0.3) is 5.56 Å². The SMILES string of the molecule is CC[C@@]1(OC(=O)C[n+]2cccc(O)c2)C(=O)OCc2c1cc1n(c2=O)Cc2cc3ccccc3nc2-1.[Cl-]. The number of hydrogen-bond donors (Lipinski definition) is 1. The van der Waals surface area contributed by atoms with Crippen LogP contribution in [-0.4, -0.2) is 26.6 Å². The fraction of sp³-hybridized carbons (Fsp3) is 0.222. The van der Waals surface area contributed by atoms with Crippen LogP contribution in [0.2, 0.25) is 0 Å². The Morgan fingerprint density at radius 2 is 2.03 bits per heavy atom. The largest absolute Gasteiger partial charge is 1.00 e. The molecule has 2 aliphatic rings. The van der Waals surface area contributed by atoms with Crippen LogP contribution in [0.1, 0.15) is 30.0 Å². The van der Waals surface area contributed by atoms with Crippen LogP contribution in [0, 0.1) is 0 Å². The zero-order valence-electron chi connectivity index (χ0n) is 19.8. The topological polar surface area (TPSA) is 112 Å². The molecule has 0 saturated carbocycles. The van der Waals surface area contributed by atoms with E-state index < -0.39 is 17.5 Å². The van der Waals surface area contributed by atoms with Gasteiger partial charge in [0.05, 0.1) is 29.0 Å². The fourth-order valence-electron chi connectivity index (χ4n) is 5.06. The molecule has 2 aliphatic heterocycles. The summed E-state index contributed by atoms with van der Waals surface area (Å²) < 4.78 is 14.2. The molecule has 4 aromatic rings. The fourth-order valence-corrected chi connectivity index (χ4v) is 5.06. The number of fused-ring (bicyclic) bond motifs is 5. The molecular weight excluding hydrogens is 498 g/mol. The van der Waals surface area contributed by atoms with Gasteiger partial charge in [0.1, 0.15) is 6.61 Å². The lowest BCUT2D eigenvalue weighted by Crippen LogP contribution is -3.00. The van der Waals surface area contributed by atoms with Gasteiger partial charge in [-0.15, -0.1) is 0 Å². The van der Waals surface area contributed by atoms with E-state index in [2.05, 4.69) is 0 Å². The summed E-state index contributed by atoms with van der Waals surface area (Å²) in [6.07, 6.45) is 3.05. The average Bonchev–Trinajstić information content (AvgIpc) is 3.22. The summed E-state index contributed by atoms with van der Waals surface area (Å²) in [4.78, 5) is 44.4. The highest BCUT2D eigenvalue weighted by atomic mass is 35.5. The molecule has 0 unspecified atom stereocenters. The van der Waals surface area contributed by atoms with E-state index in [4.69, 9.17) is 14.5 Å². The molecule has 6 rings (SSSR count). The van der Waals surface area contributed by atoms with Gasteiger partial charge in [-0.25, -0.2) is 14.6 Å². The first-order valence-electron chi connectivity index (χ1n) is 11.6. The maximum atomic E-state index is 13.6. The third kappa shape index (κ3) is 3.82. The van der Waals surface area contributed by atoms with E-state index in [0.29, 0.717) is 23.5 Å². The zero-order valence-corrected chi connectivity index (χ0v) is 20.6. The number of halogens is 1. The Bertz CT molecular complexity index is 1650. The van der Waals surface area contributed by atoms with Crippen molar-refractivity contribution in [2.24, 2.45) is 0 Å². The molecule has 0 spiro atoms. The van der Waals surface area contributed by atoms with Crippen molar-refractivity contribution in [1.82, 2.24) is 9.55 Å². The highest BCUT2D eigenvalue weighted by molar-refractivity contribution is 5.88. The molecule has 0 saturated heterocycles. The molecule has 5 heterocycles. The van der Waals surface area contributed by atoms with Crippen LogP contribution in [0.5, 0.6) is 5.75 Å². The normalized spacial score (nSPS) is 17.3. The maximum Gasteiger partial charge on any atom is 0.374 e. The van der Waals surface area contributed by atoms with Crippen LogP contribution in [0.25, 0.3) is 22.3 Å². The van der Waals surface area contributed by atoms with E-state index >= 15 is 0 Å². The number of carbonyl (C=O) groups is 2. The number of aromatic hydroxyl groups is 1. The van der Waals surface area contributed by atoms with Crippen LogP contribution >= 0.6 is 0 Å². The van der Waals surface area contributed by atoms with E-state index in [0.717, 1.165) is 16.5 Å². The van der Waals surface area contributed by atoms with Crippen molar-refractivity contribution in [3.63, 3.8) is 0 Å². The minimum absolute atomic E-state index is 0. The number of benzene rings is 1. The molecule has 3 aromatic heterocycles. The summed E-state index contributed by atoms with van der Waals surface area (Å²) in [7, 11) is 0. The van der Waals surface area contributed by atoms with Crippen LogP contribution in [0.4, 0.5) is 0 Å².